The summed E-state index contributed by atoms with van der Waals surface area (Å²) in [5.41, 5.74) is 4.43. The van der Waals surface area contributed by atoms with Crippen molar-refractivity contribution in [2.45, 2.75) is 6.54 Å². The SMILES string of the molecule is O=C1COc2ccc(-c3csc(=Nc4ccc(Cl)cc4)n3Cc3ccc4c(c3)OCO4)cc2N1. The molecule has 0 saturated carbocycles. The summed E-state index contributed by atoms with van der Waals surface area (Å²) in [5.74, 6) is 1.98. The molecule has 0 unspecified atom stereocenters. The molecule has 0 radical (unpaired) electrons. The number of anilines is 1. The average Bonchev–Trinajstić information content (AvgIpc) is 3.47. The Morgan fingerprint density at radius 2 is 1.79 bits per heavy atom. The number of carbonyl (C=O) groups excluding carboxylic acids is 1. The molecule has 0 aliphatic carbocycles. The molecular weight excluding hydrogens is 474 g/mol. The van der Waals surface area contributed by atoms with Crippen LogP contribution in [0.4, 0.5) is 11.4 Å². The first-order valence-electron chi connectivity index (χ1n) is 10.6. The fraction of sp³-hybridized carbons (Fsp3) is 0.120. The van der Waals surface area contributed by atoms with Crippen molar-refractivity contribution in [3.63, 3.8) is 0 Å². The van der Waals surface area contributed by atoms with E-state index in [1.165, 1.54) is 0 Å². The molecule has 0 atom stereocenters. The van der Waals surface area contributed by atoms with Crippen LogP contribution in [0, 0.1) is 0 Å². The van der Waals surface area contributed by atoms with E-state index in [0.29, 0.717) is 23.0 Å². The van der Waals surface area contributed by atoms with Crippen molar-refractivity contribution in [3.8, 4) is 28.5 Å². The highest BCUT2D eigenvalue weighted by atomic mass is 35.5. The van der Waals surface area contributed by atoms with Gasteiger partial charge < -0.3 is 24.1 Å². The number of rotatable bonds is 4. The zero-order valence-corrected chi connectivity index (χ0v) is 19.4. The fourth-order valence-corrected chi connectivity index (χ4v) is 4.95. The average molecular weight is 492 g/mol. The van der Waals surface area contributed by atoms with Crippen LogP contribution < -0.4 is 24.3 Å². The van der Waals surface area contributed by atoms with Crippen molar-refractivity contribution >= 4 is 40.2 Å². The molecule has 3 aromatic carbocycles. The summed E-state index contributed by atoms with van der Waals surface area (Å²) in [6, 6.07) is 19.1. The van der Waals surface area contributed by atoms with Gasteiger partial charge in [-0.1, -0.05) is 17.7 Å². The van der Waals surface area contributed by atoms with Crippen molar-refractivity contribution in [2.24, 2.45) is 4.99 Å². The van der Waals surface area contributed by atoms with E-state index in [1.807, 2.05) is 60.7 Å². The van der Waals surface area contributed by atoms with E-state index in [9.17, 15) is 4.79 Å². The Morgan fingerprint density at radius 3 is 2.68 bits per heavy atom. The van der Waals surface area contributed by atoms with Crippen LogP contribution in [0.15, 0.2) is 71.0 Å². The number of fused-ring (bicyclic) bond motifs is 2. The number of nitrogens with one attached hydrogen (secondary N) is 1. The maximum atomic E-state index is 11.8. The van der Waals surface area contributed by atoms with Gasteiger partial charge in [0.2, 0.25) is 6.79 Å². The summed E-state index contributed by atoms with van der Waals surface area (Å²) in [7, 11) is 0. The van der Waals surface area contributed by atoms with Gasteiger partial charge in [0, 0.05) is 16.0 Å². The first-order chi connectivity index (χ1) is 16.6. The second-order valence-corrected chi connectivity index (χ2v) is 9.09. The third-order valence-electron chi connectivity index (χ3n) is 5.53. The molecule has 170 valence electrons. The number of amides is 1. The predicted molar refractivity (Wildman–Crippen MR) is 130 cm³/mol. The standard InChI is InChI=1S/C25H18ClN3O4S/c26-17-3-5-18(6-4-17)27-25-29(11-15-1-7-22-23(9-15)33-14-32-22)20(13-34-25)16-2-8-21-19(10-16)28-24(30)12-31-21/h1-10,13H,11-12,14H2,(H,28,30). The van der Waals surface area contributed by atoms with Gasteiger partial charge in [0.1, 0.15) is 5.75 Å². The lowest BCUT2D eigenvalue weighted by molar-refractivity contribution is -0.118. The van der Waals surface area contributed by atoms with Crippen molar-refractivity contribution in [1.82, 2.24) is 4.57 Å². The van der Waals surface area contributed by atoms with Crippen LogP contribution in [-0.4, -0.2) is 23.9 Å². The van der Waals surface area contributed by atoms with Crippen LogP contribution in [0.5, 0.6) is 17.2 Å². The van der Waals surface area contributed by atoms with Crippen LogP contribution in [0.1, 0.15) is 5.56 Å². The van der Waals surface area contributed by atoms with E-state index in [4.69, 9.17) is 30.8 Å². The molecule has 4 aromatic rings. The minimum Gasteiger partial charge on any atom is -0.482 e. The van der Waals surface area contributed by atoms with E-state index < -0.39 is 0 Å². The first kappa shape index (κ1) is 20.8. The van der Waals surface area contributed by atoms with Crippen molar-refractivity contribution in [1.29, 1.82) is 0 Å². The maximum absolute atomic E-state index is 11.8. The minimum absolute atomic E-state index is 0.0268. The molecule has 0 bridgehead atoms. The molecule has 0 fully saturated rings. The zero-order valence-electron chi connectivity index (χ0n) is 17.8. The van der Waals surface area contributed by atoms with Crippen LogP contribution in [0.3, 0.4) is 0 Å². The highest BCUT2D eigenvalue weighted by Crippen LogP contribution is 2.35. The summed E-state index contributed by atoms with van der Waals surface area (Å²) >= 11 is 7.59. The normalized spacial score (nSPS) is 14.5. The van der Waals surface area contributed by atoms with Gasteiger partial charge >= 0.3 is 0 Å². The molecular formula is C25H18ClN3O4S. The number of halogens is 1. The summed E-state index contributed by atoms with van der Waals surface area (Å²) < 4.78 is 18.7. The Labute approximate surface area is 203 Å². The molecule has 6 rings (SSSR count). The van der Waals surface area contributed by atoms with Gasteiger partial charge in [0.15, 0.2) is 22.9 Å². The molecule has 0 spiro atoms. The van der Waals surface area contributed by atoms with Crippen LogP contribution >= 0.6 is 22.9 Å². The van der Waals surface area contributed by atoms with E-state index in [0.717, 1.165) is 38.8 Å². The van der Waals surface area contributed by atoms with Gasteiger partial charge in [0.05, 0.1) is 23.6 Å². The number of aromatic nitrogens is 1. The summed E-state index contributed by atoms with van der Waals surface area (Å²) in [6.45, 7) is 0.830. The number of benzene rings is 3. The Hall–Kier alpha value is -3.75. The van der Waals surface area contributed by atoms with Gasteiger partial charge in [-0.15, -0.1) is 11.3 Å². The molecule has 3 heterocycles. The molecule has 1 aromatic heterocycles. The number of nitrogens with zero attached hydrogens (tertiary/aromatic N) is 2. The zero-order chi connectivity index (χ0) is 23.1. The smallest absolute Gasteiger partial charge is 0.262 e. The minimum atomic E-state index is -0.165. The second kappa shape index (κ2) is 8.55. The summed E-state index contributed by atoms with van der Waals surface area (Å²) in [4.78, 5) is 17.5. The number of hydrogen-bond donors (Lipinski definition) is 1. The highest BCUT2D eigenvalue weighted by molar-refractivity contribution is 7.07. The number of thiazole rings is 1. The predicted octanol–water partition coefficient (Wildman–Crippen LogP) is 5.21. The number of ether oxygens (including phenoxy) is 3. The molecule has 9 heteroatoms. The Morgan fingerprint density at radius 1 is 0.971 bits per heavy atom. The monoisotopic (exact) mass is 491 g/mol. The Bertz CT molecular complexity index is 1480. The summed E-state index contributed by atoms with van der Waals surface area (Å²) in [5, 5.41) is 5.61. The largest absolute Gasteiger partial charge is 0.482 e. The van der Waals surface area contributed by atoms with Crippen LogP contribution in [0.2, 0.25) is 5.02 Å². The van der Waals surface area contributed by atoms with Crippen LogP contribution in [-0.2, 0) is 11.3 Å². The lowest BCUT2D eigenvalue weighted by atomic mass is 10.1. The van der Waals surface area contributed by atoms with E-state index in [-0.39, 0.29) is 19.3 Å². The second-order valence-electron chi connectivity index (χ2n) is 7.81. The van der Waals surface area contributed by atoms with Gasteiger partial charge in [-0.05, 0) is 60.2 Å². The lowest BCUT2D eigenvalue weighted by Crippen LogP contribution is -2.25. The molecule has 0 saturated heterocycles. The molecule has 7 nitrogen and oxygen atoms in total. The van der Waals surface area contributed by atoms with Gasteiger partial charge in [-0.25, -0.2) is 4.99 Å². The van der Waals surface area contributed by atoms with Crippen molar-refractivity contribution in [2.75, 3.05) is 18.7 Å². The third-order valence-corrected chi connectivity index (χ3v) is 6.65. The Kier molecular flexibility index (Phi) is 5.24. The molecule has 2 aliphatic heterocycles. The molecule has 34 heavy (non-hydrogen) atoms. The maximum Gasteiger partial charge on any atom is 0.262 e. The molecule has 1 amide bonds. The van der Waals surface area contributed by atoms with Gasteiger partial charge in [-0.2, -0.15) is 0 Å². The number of carbonyl (C=O) groups is 1. The molecule has 2 aliphatic rings. The third kappa shape index (κ3) is 4.02. The first-order valence-corrected chi connectivity index (χ1v) is 11.8. The van der Waals surface area contributed by atoms with Crippen LogP contribution in [0.25, 0.3) is 11.3 Å². The quantitative estimate of drug-likeness (QED) is 0.425. The number of hydrogen-bond acceptors (Lipinski definition) is 6. The lowest BCUT2D eigenvalue weighted by Gasteiger charge is -2.19. The topological polar surface area (TPSA) is 74.1 Å². The van der Waals surface area contributed by atoms with E-state index in [2.05, 4.69) is 15.3 Å². The molecule has 1 N–H and O–H groups in total. The van der Waals surface area contributed by atoms with E-state index >= 15 is 0 Å². The van der Waals surface area contributed by atoms with Crippen molar-refractivity contribution < 1.29 is 19.0 Å². The van der Waals surface area contributed by atoms with Gasteiger partial charge in [0.25, 0.3) is 5.91 Å². The van der Waals surface area contributed by atoms with Crippen molar-refractivity contribution in [3.05, 3.63) is 81.4 Å². The highest BCUT2D eigenvalue weighted by Gasteiger charge is 2.19. The van der Waals surface area contributed by atoms with E-state index in [1.54, 1.807) is 11.3 Å². The fourth-order valence-electron chi connectivity index (χ4n) is 3.89. The summed E-state index contributed by atoms with van der Waals surface area (Å²) in [6.07, 6.45) is 0. The van der Waals surface area contributed by atoms with Gasteiger partial charge in [-0.3, -0.25) is 4.79 Å². The Balaban J connectivity index is 1.45.